The van der Waals surface area contributed by atoms with Crippen molar-refractivity contribution in [3.8, 4) is 0 Å². The SMILES string of the molecule is O=C(Nc1ccc(C(F)(F)F)cc1Cl)C1(n2cc(N3C[C@H]4CNC[C@H]4C3)cn2)CCC1.O=C(O)C(F)(F)F. The second-order valence-electron chi connectivity index (χ2n) is 9.56. The van der Waals surface area contributed by atoms with Crippen molar-refractivity contribution in [3.05, 3.63) is 41.2 Å². The third kappa shape index (κ3) is 5.70. The van der Waals surface area contributed by atoms with Gasteiger partial charge in [0.1, 0.15) is 5.54 Å². The molecule has 0 bridgehead atoms. The standard InChI is InChI=1S/C21H23ClF3N5O.C2HF3O2/c22-17-6-15(21(23,24)25)2-3-18(17)28-19(31)20(4-1-5-20)30-12-16(9-27-30)29-10-13-7-26-8-14(13)11-29;3-2(4,5)1(6)7/h2-3,6,9,12-14,26H,1,4-5,7-8,10-11H2,(H,28,31);(H,6,7)/t13-,14+;. The zero-order valence-electron chi connectivity index (χ0n) is 19.7. The number of alkyl halides is 6. The van der Waals surface area contributed by atoms with Gasteiger partial charge < -0.3 is 20.6 Å². The number of hydrogen-bond donors (Lipinski definition) is 3. The Morgan fingerprint density at radius 2 is 1.71 bits per heavy atom. The molecule has 0 radical (unpaired) electrons. The molecule has 8 nitrogen and oxygen atoms in total. The van der Waals surface area contributed by atoms with Crippen LogP contribution >= 0.6 is 11.6 Å². The topological polar surface area (TPSA) is 99.5 Å². The molecule has 1 saturated carbocycles. The number of amides is 1. The van der Waals surface area contributed by atoms with Crippen LogP contribution in [-0.2, 0) is 21.3 Å². The monoisotopic (exact) mass is 567 g/mol. The van der Waals surface area contributed by atoms with Crippen molar-refractivity contribution in [2.24, 2.45) is 11.8 Å². The molecule has 3 fully saturated rings. The first kappa shape index (κ1) is 28.0. The summed E-state index contributed by atoms with van der Waals surface area (Å²) in [4.78, 5) is 24.4. The summed E-state index contributed by atoms with van der Waals surface area (Å²) in [6, 6.07) is 2.94. The smallest absolute Gasteiger partial charge is 0.475 e. The van der Waals surface area contributed by atoms with Crippen LogP contribution in [0.2, 0.25) is 5.02 Å². The van der Waals surface area contributed by atoms with Crippen LogP contribution < -0.4 is 15.5 Å². The largest absolute Gasteiger partial charge is 0.490 e. The molecule has 5 rings (SSSR count). The lowest BCUT2D eigenvalue weighted by Crippen LogP contribution is -2.51. The van der Waals surface area contributed by atoms with Gasteiger partial charge in [-0.1, -0.05) is 11.6 Å². The maximum absolute atomic E-state index is 13.2. The number of aliphatic carboxylic acids is 1. The number of fused-ring (bicyclic) bond motifs is 1. The van der Waals surface area contributed by atoms with Crippen molar-refractivity contribution in [1.29, 1.82) is 0 Å². The Labute approximate surface area is 217 Å². The highest BCUT2D eigenvalue weighted by molar-refractivity contribution is 6.33. The van der Waals surface area contributed by atoms with Crippen LogP contribution in [-0.4, -0.2) is 59.1 Å². The summed E-state index contributed by atoms with van der Waals surface area (Å²) < 4.78 is 72.1. The van der Waals surface area contributed by atoms with E-state index in [9.17, 15) is 31.1 Å². The van der Waals surface area contributed by atoms with Crippen LogP contribution in [0.5, 0.6) is 0 Å². The summed E-state index contributed by atoms with van der Waals surface area (Å²) in [5, 5.41) is 17.6. The molecule has 2 aliphatic heterocycles. The molecule has 3 heterocycles. The third-order valence-corrected chi connectivity index (χ3v) is 7.47. The van der Waals surface area contributed by atoms with Crippen LogP contribution in [0.25, 0.3) is 0 Å². The molecule has 2 atom stereocenters. The van der Waals surface area contributed by atoms with Crippen molar-refractivity contribution < 1.29 is 41.0 Å². The molecule has 3 N–H and O–H groups in total. The molecule has 3 aliphatic rings. The van der Waals surface area contributed by atoms with Gasteiger partial charge in [-0.25, -0.2) is 4.79 Å². The minimum absolute atomic E-state index is 0.143. The van der Waals surface area contributed by atoms with Gasteiger partial charge in [0, 0.05) is 32.4 Å². The number of halogens is 7. The zero-order valence-corrected chi connectivity index (χ0v) is 20.5. The average molecular weight is 568 g/mol. The van der Waals surface area contributed by atoms with Gasteiger partial charge in [0.15, 0.2) is 0 Å². The van der Waals surface area contributed by atoms with E-state index in [1.807, 2.05) is 6.20 Å². The van der Waals surface area contributed by atoms with Gasteiger partial charge in [-0.15, -0.1) is 0 Å². The molecule has 208 valence electrons. The molecule has 1 amide bonds. The van der Waals surface area contributed by atoms with Gasteiger partial charge in [-0.3, -0.25) is 9.48 Å². The fourth-order valence-corrected chi connectivity index (χ4v) is 5.11. The molecule has 2 aromatic rings. The number of anilines is 2. The Balaban J connectivity index is 0.000000426. The number of rotatable bonds is 4. The van der Waals surface area contributed by atoms with Crippen LogP contribution in [0.4, 0.5) is 37.7 Å². The molecule has 15 heteroatoms. The van der Waals surface area contributed by atoms with E-state index in [4.69, 9.17) is 21.5 Å². The summed E-state index contributed by atoms with van der Waals surface area (Å²) in [6.07, 6.45) is -3.74. The van der Waals surface area contributed by atoms with E-state index in [-0.39, 0.29) is 16.6 Å². The molecule has 1 aliphatic carbocycles. The Bertz CT molecular complexity index is 1180. The minimum Gasteiger partial charge on any atom is -0.475 e. The second-order valence-corrected chi connectivity index (χ2v) is 9.97. The number of aromatic nitrogens is 2. The van der Waals surface area contributed by atoms with Gasteiger partial charge >= 0.3 is 18.3 Å². The molecule has 0 spiro atoms. The molecule has 2 saturated heterocycles. The van der Waals surface area contributed by atoms with E-state index in [1.54, 1.807) is 10.9 Å². The van der Waals surface area contributed by atoms with Crippen molar-refractivity contribution in [3.63, 3.8) is 0 Å². The molecule has 1 aromatic heterocycles. The van der Waals surface area contributed by atoms with E-state index in [0.717, 1.165) is 50.4 Å². The summed E-state index contributed by atoms with van der Waals surface area (Å²) in [5.41, 5.74) is -0.531. The first-order valence-corrected chi connectivity index (χ1v) is 12.1. The quantitative estimate of drug-likeness (QED) is 0.475. The second kappa shape index (κ2) is 10.3. The Morgan fingerprint density at radius 3 is 2.18 bits per heavy atom. The number of carboxylic acid groups (broad SMARTS) is 1. The summed E-state index contributed by atoms with van der Waals surface area (Å²) >= 11 is 6.02. The average Bonchev–Trinajstić information content (AvgIpc) is 3.50. The lowest BCUT2D eigenvalue weighted by atomic mass is 9.76. The van der Waals surface area contributed by atoms with Gasteiger partial charge in [0.25, 0.3) is 5.91 Å². The van der Waals surface area contributed by atoms with Gasteiger partial charge in [-0.2, -0.15) is 31.4 Å². The van der Waals surface area contributed by atoms with E-state index >= 15 is 0 Å². The normalized spacial score (nSPS) is 22.2. The zero-order chi connectivity index (χ0) is 27.9. The lowest BCUT2D eigenvalue weighted by molar-refractivity contribution is -0.192. The highest BCUT2D eigenvalue weighted by Crippen LogP contribution is 2.42. The van der Waals surface area contributed by atoms with Crippen LogP contribution in [0.1, 0.15) is 24.8 Å². The number of hydrogen-bond acceptors (Lipinski definition) is 5. The van der Waals surface area contributed by atoms with E-state index in [2.05, 4.69) is 20.6 Å². The number of carboxylic acids is 1. The predicted molar refractivity (Wildman–Crippen MR) is 125 cm³/mol. The van der Waals surface area contributed by atoms with Crippen molar-refractivity contribution in [1.82, 2.24) is 15.1 Å². The van der Waals surface area contributed by atoms with Crippen LogP contribution in [0.3, 0.4) is 0 Å². The van der Waals surface area contributed by atoms with E-state index in [1.165, 1.54) is 6.07 Å². The maximum atomic E-state index is 13.2. The number of carbonyl (C=O) groups is 2. The van der Waals surface area contributed by atoms with Gasteiger partial charge in [0.2, 0.25) is 0 Å². The van der Waals surface area contributed by atoms with Crippen molar-refractivity contribution in [2.45, 2.75) is 37.2 Å². The number of nitrogens with zero attached hydrogens (tertiary/aromatic N) is 3. The summed E-state index contributed by atoms with van der Waals surface area (Å²) in [6.45, 7) is 4.03. The maximum Gasteiger partial charge on any atom is 0.490 e. The molecular weight excluding hydrogens is 544 g/mol. The number of carbonyl (C=O) groups excluding carboxylic acids is 1. The molecule has 1 aromatic carbocycles. The highest BCUT2D eigenvalue weighted by atomic mass is 35.5. The van der Waals surface area contributed by atoms with Crippen molar-refractivity contribution >= 4 is 34.9 Å². The number of benzene rings is 1. The summed E-state index contributed by atoms with van der Waals surface area (Å²) in [5.74, 6) is -1.78. The van der Waals surface area contributed by atoms with Crippen molar-refractivity contribution in [2.75, 3.05) is 36.4 Å². The molecule has 0 unspecified atom stereocenters. The molecular formula is C23H24ClF6N5O3. The third-order valence-electron chi connectivity index (χ3n) is 7.15. The Kier molecular flexibility index (Phi) is 7.58. The highest BCUT2D eigenvalue weighted by Gasteiger charge is 2.47. The lowest BCUT2D eigenvalue weighted by Gasteiger charge is -2.40. The predicted octanol–water partition coefficient (Wildman–Crippen LogP) is 4.36. The number of nitrogens with one attached hydrogen (secondary N) is 2. The molecule has 38 heavy (non-hydrogen) atoms. The van der Waals surface area contributed by atoms with Crippen LogP contribution in [0, 0.1) is 11.8 Å². The summed E-state index contributed by atoms with van der Waals surface area (Å²) in [7, 11) is 0. The first-order chi connectivity index (χ1) is 17.7. The van der Waals surface area contributed by atoms with Gasteiger partial charge in [-0.05, 0) is 49.3 Å². The van der Waals surface area contributed by atoms with E-state index < -0.39 is 29.4 Å². The fourth-order valence-electron chi connectivity index (χ4n) is 4.88. The van der Waals surface area contributed by atoms with Crippen LogP contribution in [0.15, 0.2) is 30.6 Å². The van der Waals surface area contributed by atoms with Gasteiger partial charge in [0.05, 0.1) is 28.2 Å². The Hall–Kier alpha value is -3.00. The fraction of sp³-hybridized carbons (Fsp3) is 0.522. The van der Waals surface area contributed by atoms with E-state index in [0.29, 0.717) is 24.7 Å². The first-order valence-electron chi connectivity index (χ1n) is 11.7. The Morgan fingerprint density at radius 1 is 1.11 bits per heavy atom. The minimum atomic E-state index is -5.08.